The van der Waals surface area contributed by atoms with Crippen molar-refractivity contribution in [1.29, 1.82) is 0 Å². The lowest BCUT2D eigenvalue weighted by Gasteiger charge is -2.18. The fourth-order valence-electron chi connectivity index (χ4n) is 1.29. The molecule has 0 bridgehead atoms. The van der Waals surface area contributed by atoms with Crippen molar-refractivity contribution in [3.63, 3.8) is 0 Å². The molecule has 7 heteroatoms. The molecule has 2 unspecified atom stereocenters. The minimum atomic E-state index is -0.966. The minimum absolute atomic E-state index is 0.00667. The zero-order chi connectivity index (χ0) is 14.3. The molecule has 3 N–H and O–H groups in total. The summed E-state index contributed by atoms with van der Waals surface area (Å²) in [5.41, 5.74) is 0. The van der Waals surface area contributed by atoms with E-state index in [0.717, 1.165) is 0 Å². The number of urea groups is 1. The van der Waals surface area contributed by atoms with Gasteiger partial charge >= 0.3 is 18.0 Å². The molecule has 0 aliphatic carbocycles. The lowest BCUT2D eigenvalue weighted by atomic mass is 9.96. The molecule has 0 saturated carbocycles. The predicted octanol–water partition coefficient (Wildman–Crippen LogP) is 0.204. The largest absolute Gasteiger partial charge is 0.481 e. The summed E-state index contributed by atoms with van der Waals surface area (Å²) in [7, 11) is 1.22. The van der Waals surface area contributed by atoms with Crippen LogP contribution in [0.15, 0.2) is 0 Å². The van der Waals surface area contributed by atoms with Crippen LogP contribution >= 0.6 is 0 Å². The minimum Gasteiger partial charge on any atom is -0.481 e. The Labute approximate surface area is 106 Å². The van der Waals surface area contributed by atoms with Crippen molar-refractivity contribution in [2.75, 3.05) is 13.7 Å². The van der Waals surface area contributed by atoms with Crippen molar-refractivity contribution in [3.8, 4) is 0 Å². The van der Waals surface area contributed by atoms with Crippen molar-refractivity contribution in [3.05, 3.63) is 0 Å². The highest BCUT2D eigenvalue weighted by Crippen LogP contribution is 2.09. The van der Waals surface area contributed by atoms with E-state index in [-0.39, 0.29) is 12.5 Å². The van der Waals surface area contributed by atoms with Gasteiger partial charge in [0.25, 0.3) is 0 Å². The molecule has 2 amide bonds. The predicted molar refractivity (Wildman–Crippen MR) is 64.0 cm³/mol. The van der Waals surface area contributed by atoms with E-state index in [4.69, 9.17) is 5.11 Å². The summed E-state index contributed by atoms with van der Waals surface area (Å²) in [5.74, 6) is -2.29. The van der Waals surface area contributed by atoms with Crippen LogP contribution in [-0.4, -0.2) is 42.8 Å². The van der Waals surface area contributed by atoms with E-state index in [9.17, 15) is 14.4 Å². The molecule has 0 aromatic carbocycles. The van der Waals surface area contributed by atoms with Crippen molar-refractivity contribution in [2.24, 2.45) is 11.8 Å². The summed E-state index contributed by atoms with van der Waals surface area (Å²) in [6, 6.07) is -1.38. The van der Waals surface area contributed by atoms with Gasteiger partial charge in [-0.25, -0.2) is 9.59 Å². The fourth-order valence-corrected chi connectivity index (χ4v) is 1.29. The van der Waals surface area contributed by atoms with Gasteiger partial charge < -0.3 is 20.5 Å². The highest BCUT2D eigenvalue weighted by atomic mass is 16.5. The average Bonchev–Trinajstić information content (AvgIpc) is 2.26. The molecule has 0 saturated heterocycles. The van der Waals surface area contributed by atoms with Crippen LogP contribution in [-0.2, 0) is 14.3 Å². The molecule has 0 heterocycles. The first-order chi connectivity index (χ1) is 8.29. The van der Waals surface area contributed by atoms with Crippen LogP contribution in [0.3, 0.4) is 0 Å². The number of amides is 2. The molecular weight excluding hydrogens is 240 g/mol. The fraction of sp³-hybridized carbons (Fsp3) is 0.727. The Kier molecular flexibility index (Phi) is 6.77. The molecule has 0 aromatic rings. The Morgan fingerprint density at radius 1 is 1.22 bits per heavy atom. The zero-order valence-electron chi connectivity index (χ0n) is 11.0. The van der Waals surface area contributed by atoms with Crippen LogP contribution in [0, 0.1) is 11.8 Å². The third kappa shape index (κ3) is 5.51. The van der Waals surface area contributed by atoms with Gasteiger partial charge in [0.2, 0.25) is 0 Å². The van der Waals surface area contributed by atoms with E-state index in [2.05, 4.69) is 15.4 Å². The first-order valence-electron chi connectivity index (χ1n) is 5.64. The number of carbonyl (C=O) groups is 3. The quantitative estimate of drug-likeness (QED) is 0.592. The second kappa shape index (κ2) is 7.52. The van der Waals surface area contributed by atoms with Gasteiger partial charge in [0.05, 0.1) is 13.0 Å². The smallest absolute Gasteiger partial charge is 0.328 e. The van der Waals surface area contributed by atoms with Crippen molar-refractivity contribution in [2.45, 2.75) is 26.8 Å². The lowest BCUT2D eigenvalue weighted by molar-refractivity contribution is -0.143. The molecule has 0 aromatic heterocycles. The molecule has 104 valence electrons. The number of ether oxygens (including phenoxy) is 1. The van der Waals surface area contributed by atoms with Gasteiger partial charge in [-0.2, -0.15) is 0 Å². The van der Waals surface area contributed by atoms with Crippen LogP contribution in [0.5, 0.6) is 0 Å². The number of aliphatic carboxylic acids is 1. The molecule has 0 radical (unpaired) electrons. The Bertz CT molecular complexity index is 317. The third-order valence-electron chi connectivity index (χ3n) is 2.51. The van der Waals surface area contributed by atoms with Gasteiger partial charge in [-0.15, -0.1) is 0 Å². The summed E-state index contributed by atoms with van der Waals surface area (Å²) < 4.78 is 4.44. The van der Waals surface area contributed by atoms with Crippen LogP contribution in [0.1, 0.15) is 20.8 Å². The molecule has 7 nitrogen and oxygen atoms in total. The molecule has 0 aliphatic rings. The first-order valence-corrected chi connectivity index (χ1v) is 5.64. The summed E-state index contributed by atoms with van der Waals surface area (Å²) in [6.07, 6.45) is 0. The highest BCUT2D eigenvalue weighted by Gasteiger charge is 2.23. The van der Waals surface area contributed by atoms with Crippen molar-refractivity contribution >= 4 is 18.0 Å². The number of esters is 1. The third-order valence-corrected chi connectivity index (χ3v) is 2.51. The Balaban J connectivity index is 4.17. The van der Waals surface area contributed by atoms with Crippen LogP contribution in [0.25, 0.3) is 0 Å². The van der Waals surface area contributed by atoms with Crippen molar-refractivity contribution < 1.29 is 24.2 Å². The Morgan fingerprint density at radius 2 is 1.78 bits per heavy atom. The van der Waals surface area contributed by atoms with E-state index in [1.807, 2.05) is 0 Å². The summed E-state index contributed by atoms with van der Waals surface area (Å²) in [4.78, 5) is 33.3. The second-order valence-corrected chi connectivity index (χ2v) is 4.29. The van der Waals surface area contributed by atoms with Crippen LogP contribution < -0.4 is 10.6 Å². The molecule has 0 aliphatic heterocycles. The molecule has 2 atom stereocenters. The van der Waals surface area contributed by atoms with E-state index < -0.39 is 29.9 Å². The summed E-state index contributed by atoms with van der Waals surface area (Å²) in [6.45, 7) is 5.00. The number of carboxylic acids is 1. The standard InChI is InChI=1S/C11H20N2O5/c1-6(2)8(9(14)15)5-12-11(17)13-7(3)10(16)18-4/h6-8H,5H2,1-4H3,(H,14,15)(H2,12,13,17). The summed E-state index contributed by atoms with van der Waals surface area (Å²) >= 11 is 0. The maximum Gasteiger partial charge on any atom is 0.328 e. The Morgan fingerprint density at radius 3 is 2.17 bits per heavy atom. The summed E-state index contributed by atoms with van der Waals surface area (Å²) in [5, 5.41) is 13.7. The molecule has 0 fully saturated rings. The van der Waals surface area contributed by atoms with Gasteiger partial charge in [0.15, 0.2) is 0 Å². The number of rotatable bonds is 6. The van der Waals surface area contributed by atoms with Crippen molar-refractivity contribution in [1.82, 2.24) is 10.6 Å². The van der Waals surface area contributed by atoms with E-state index in [0.29, 0.717) is 0 Å². The maximum atomic E-state index is 11.4. The van der Waals surface area contributed by atoms with Gasteiger partial charge in [-0.3, -0.25) is 4.79 Å². The second-order valence-electron chi connectivity index (χ2n) is 4.29. The van der Waals surface area contributed by atoms with Gasteiger partial charge in [0.1, 0.15) is 6.04 Å². The van der Waals surface area contributed by atoms with E-state index in [1.165, 1.54) is 14.0 Å². The first kappa shape index (κ1) is 16.2. The zero-order valence-corrected chi connectivity index (χ0v) is 11.0. The maximum absolute atomic E-state index is 11.4. The average molecular weight is 260 g/mol. The highest BCUT2D eigenvalue weighted by molar-refractivity contribution is 5.83. The molecule has 0 spiro atoms. The topological polar surface area (TPSA) is 105 Å². The number of nitrogens with one attached hydrogen (secondary N) is 2. The monoisotopic (exact) mass is 260 g/mol. The van der Waals surface area contributed by atoms with E-state index in [1.54, 1.807) is 13.8 Å². The molecule has 18 heavy (non-hydrogen) atoms. The SMILES string of the molecule is COC(=O)C(C)NC(=O)NCC(C(=O)O)C(C)C. The van der Waals surface area contributed by atoms with Crippen LogP contribution in [0.2, 0.25) is 0 Å². The van der Waals surface area contributed by atoms with Gasteiger partial charge in [-0.05, 0) is 12.8 Å². The number of carbonyl (C=O) groups excluding carboxylic acids is 2. The Hall–Kier alpha value is -1.79. The molecule has 0 rings (SSSR count). The van der Waals surface area contributed by atoms with Gasteiger partial charge in [0, 0.05) is 6.54 Å². The van der Waals surface area contributed by atoms with Gasteiger partial charge in [-0.1, -0.05) is 13.8 Å². The number of hydrogen-bond donors (Lipinski definition) is 3. The number of hydrogen-bond acceptors (Lipinski definition) is 4. The number of carboxylic acid groups (broad SMARTS) is 1. The number of methoxy groups -OCH3 is 1. The van der Waals surface area contributed by atoms with E-state index >= 15 is 0 Å². The van der Waals surface area contributed by atoms with Crippen LogP contribution in [0.4, 0.5) is 4.79 Å². The lowest BCUT2D eigenvalue weighted by Crippen LogP contribution is -2.47. The normalized spacial score (nSPS) is 13.6. The molecular formula is C11H20N2O5.